The first-order valence-electron chi connectivity index (χ1n) is 7.09. The number of hydrogen-bond acceptors (Lipinski definition) is 3. The van der Waals surface area contributed by atoms with E-state index in [1.165, 1.54) is 32.8 Å². The average Bonchev–Trinajstić information content (AvgIpc) is 2.90. The largest absolute Gasteiger partial charge is 0.467 e. The second kappa shape index (κ2) is 6.21. The lowest BCUT2D eigenvalue weighted by Gasteiger charge is -2.34. The van der Waals surface area contributed by atoms with Crippen molar-refractivity contribution in [2.45, 2.75) is 57.4 Å². The van der Waals surface area contributed by atoms with Gasteiger partial charge in [0.15, 0.2) is 0 Å². The summed E-state index contributed by atoms with van der Waals surface area (Å²) in [5, 5.41) is 0. The molecule has 1 amide bonds. The molecule has 0 radical (unpaired) electrons. The number of likely N-dealkylation sites (tertiary alicyclic amines) is 1. The van der Waals surface area contributed by atoms with Gasteiger partial charge in [-0.2, -0.15) is 0 Å². The molecule has 4 nitrogen and oxygen atoms in total. The Morgan fingerprint density at radius 2 is 1.78 bits per heavy atom. The summed E-state index contributed by atoms with van der Waals surface area (Å²) in [4.78, 5) is 25.8. The van der Waals surface area contributed by atoms with Crippen LogP contribution in [0.25, 0.3) is 0 Å². The molecule has 0 spiro atoms. The summed E-state index contributed by atoms with van der Waals surface area (Å²) < 4.78 is 4.81. The second-order valence-corrected chi connectivity index (χ2v) is 5.48. The first kappa shape index (κ1) is 13.4. The number of carbonyl (C=O) groups is 2. The highest BCUT2D eigenvalue weighted by atomic mass is 16.5. The quantitative estimate of drug-likeness (QED) is 0.724. The van der Waals surface area contributed by atoms with Crippen LogP contribution in [0.3, 0.4) is 0 Å². The van der Waals surface area contributed by atoms with E-state index in [4.69, 9.17) is 4.74 Å². The molecule has 1 heterocycles. The van der Waals surface area contributed by atoms with E-state index >= 15 is 0 Å². The van der Waals surface area contributed by atoms with Crippen molar-refractivity contribution >= 4 is 11.9 Å². The van der Waals surface area contributed by atoms with E-state index < -0.39 is 0 Å². The van der Waals surface area contributed by atoms with Crippen LogP contribution in [0.15, 0.2) is 0 Å². The predicted octanol–water partition coefficient (Wildman–Crippen LogP) is 2.12. The van der Waals surface area contributed by atoms with E-state index in [2.05, 4.69) is 0 Å². The Morgan fingerprint density at radius 3 is 2.44 bits per heavy atom. The maximum absolute atomic E-state index is 12.3. The molecule has 0 aromatic rings. The van der Waals surface area contributed by atoms with E-state index in [-0.39, 0.29) is 17.9 Å². The van der Waals surface area contributed by atoms with Crippen LogP contribution in [0.2, 0.25) is 0 Å². The summed E-state index contributed by atoms with van der Waals surface area (Å²) in [6, 6.07) is -0.336. The fourth-order valence-corrected chi connectivity index (χ4v) is 3.19. The number of methoxy groups -OCH3 is 1. The van der Waals surface area contributed by atoms with Crippen molar-refractivity contribution < 1.29 is 14.3 Å². The molecule has 102 valence electrons. The van der Waals surface area contributed by atoms with Crippen molar-refractivity contribution in [3.05, 3.63) is 0 Å². The topological polar surface area (TPSA) is 46.6 Å². The zero-order valence-corrected chi connectivity index (χ0v) is 11.2. The Labute approximate surface area is 109 Å². The monoisotopic (exact) mass is 253 g/mol. The lowest BCUT2D eigenvalue weighted by Crippen LogP contribution is -2.48. The highest BCUT2D eigenvalue weighted by Crippen LogP contribution is 2.29. The van der Waals surface area contributed by atoms with Crippen molar-refractivity contribution in [1.82, 2.24) is 4.90 Å². The van der Waals surface area contributed by atoms with E-state index in [1.54, 1.807) is 4.90 Å². The summed E-state index contributed by atoms with van der Waals surface area (Å²) in [6.07, 6.45) is 8.22. The molecule has 2 aliphatic rings. The molecule has 1 atom stereocenters. The van der Waals surface area contributed by atoms with Gasteiger partial charge in [-0.05, 0) is 38.0 Å². The molecule has 2 rings (SSSR count). The molecule has 1 aliphatic heterocycles. The van der Waals surface area contributed by atoms with E-state index in [0.29, 0.717) is 18.9 Å². The molecule has 1 unspecified atom stereocenters. The van der Waals surface area contributed by atoms with E-state index in [1.807, 2.05) is 0 Å². The smallest absolute Gasteiger partial charge is 0.328 e. The molecular formula is C14H23NO3. The predicted molar refractivity (Wildman–Crippen MR) is 67.9 cm³/mol. The van der Waals surface area contributed by atoms with Crippen LogP contribution in [0.5, 0.6) is 0 Å². The zero-order valence-electron chi connectivity index (χ0n) is 11.2. The van der Waals surface area contributed by atoms with Crippen molar-refractivity contribution in [2.75, 3.05) is 13.7 Å². The highest BCUT2D eigenvalue weighted by Gasteiger charge is 2.33. The highest BCUT2D eigenvalue weighted by molar-refractivity contribution is 5.84. The van der Waals surface area contributed by atoms with Gasteiger partial charge in [-0.25, -0.2) is 4.79 Å². The van der Waals surface area contributed by atoms with Crippen molar-refractivity contribution in [1.29, 1.82) is 0 Å². The van der Waals surface area contributed by atoms with Gasteiger partial charge in [0.2, 0.25) is 5.91 Å². The molecule has 0 aromatic carbocycles. The minimum atomic E-state index is -0.336. The van der Waals surface area contributed by atoms with Gasteiger partial charge < -0.3 is 9.64 Å². The fourth-order valence-electron chi connectivity index (χ4n) is 3.19. The molecule has 0 N–H and O–H groups in total. The van der Waals surface area contributed by atoms with Crippen LogP contribution in [0.4, 0.5) is 0 Å². The lowest BCUT2D eigenvalue weighted by atomic mass is 9.98. The first-order chi connectivity index (χ1) is 8.72. The first-order valence-corrected chi connectivity index (χ1v) is 7.09. The van der Waals surface area contributed by atoms with Gasteiger partial charge in [0, 0.05) is 13.0 Å². The number of piperidine rings is 1. The van der Waals surface area contributed by atoms with Crippen molar-refractivity contribution in [3.63, 3.8) is 0 Å². The Balaban J connectivity index is 1.94. The zero-order chi connectivity index (χ0) is 13.0. The van der Waals surface area contributed by atoms with Gasteiger partial charge in [-0.3, -0.25) is 4.79 Å². The third kappa shape index (κ3) is 3.03. The third-order valence-electron chi connectivity index (χ3n) is 4.23. The van der Waals surface area contributed by atoms with Crippen LogP contribution < -0.4 is 0 Å². The van der Waals surface area contributed by atoms with Crippen LogP contribution in [-0.4, -0.2) is 36.5 Å². The minimum Gasteiger partial charge on any atom is -0.467 e. The van der Waals surface area contributed by atoms with Gasteiger partial charge in [0.25, 0.3) is 0 Å². The lowest BCUT2D eigenvalue weighted by molar-refractivity contribution is -0.155. The summed E-state index contributed by atoms with van der Waals surface area (Å²) in [7, 11) is 1.40. The standard InChI is InChI=1S/C14H23NO3/c1-18-14(17)12-8-4-5-9-15(12)13(16)10-11-6-2-3-7-11/h11-12H,2-10H2,1H3. The Kier molecular flexibility index (Phi) is 4.61. The number of rotatable bonds is 3. The number of carbonyl (C=O) groups excluding carboxylic acids is 2. The molecule has 0 aromatic heterocycles. The van der Waals surface area contributed by atoms with Gasteiger partial charge in [0.1, 0.15) is 6.04 Å². The average molecular weight is 253 g/mol. The Morgan fingerprint density at radius 1 is 1.11 bits per heavy atom. The summed E-state index contributed by atoms with van der Waals surface area (Å²) in [5.41, 5.74) is 0. The maximum Gasteiger partial charge on any atom is 0.328 e. The summed E-state index contributed by atoms with van der Waals surface area (Å²) in [5.74, 6) is 0.434. The Hall–Kier alpha value is -1.06. The molecule has 1 saturated heterocycles. The SMILES string of the molecule is COC(=O)C1CCCCN1C(=O)CC1CCCC1. The minimum absolute atomic E-state index is 0.150. The second-order valence-electron chi connectivity index (χ2n) is 5.48. The van der Waals surface area contributed by atoms with E-state index in [9.17, 15) is 9.59 Å². The van der Waals surface area contributed by atoms with Crippen molar-refractivity contribution in [2.24, 2.45) is 5.92 Å². The normalized spacial score (nSPS) is 25.2. The number of amides is 1. The molecule has 2 fully saturated rings. The van der Waals surface area contributed by atoms with Crippen LogP contribution in [-0.2, 0) is 14.3 Å². The molecule has 1 aliphatic carbocycles. The fraction of sp³-hybridized carbons (Fsp3) is 0.857. The van der Waals surface area contributed by atoms with Crippen molar-refractivity contribution in [3.8, 4) is 0 Å². The summed E-state index contributed by atoms with van der Waals surface area (Å²) in [6.45, 7) is 0.714. The van der Waals surface area contributed by atoms with Crippen LogP contribution >= 0.6 is 0 Å². The molecule has 0 bridgehead atoms. The van der Waals surface area contributed by atoms with Crippen LogP contribution in [0, 0.1) is 5.92 Å². The molecule has 4 heteroatoms. The molecule has 1 saturated carbocycles. The van der Waals surface area contributed by atoms with Crippen LogP contribution in [0.1, 0.15) is 51.4 Å². The number of hydrogen-bond donors (Lipinski definition) is 0. The number of ether oxygens (including phenoxy) is 1. The van der Waals surface area contributed by atoms with Gasteiger partial charge in [-0.15, -0.1) is 0 Å². The van der Waals surface area contributed by atoms with Gasteiger partial charge in [0.05, 0.1) is 7.11 Å². The Bertz CT molecular complexity index is 310. The van der Waals surface area contributed by atoms with E-state index in [0.717, 1.165) is 19.3 Å². The third-order valence-corrected chi connectivity index (χ3v) is 4.23. The maximum atomic E-state index is 12.3. The van der Waals surface area contributed by atoms with Gasteiger partial charge >= 0.3 is 5.97 Å². The van der Waals surface area contributed by atoms with Gasteiger partial charge in [-0.1, -0.05) is 12.8 Å². The number of nitrogens with zero attached hydrogens (tertiary/aromatic N) is 1. The molecule has 18 heavy (non-hydrogen) atoms. The summed E-state index contributed by atoms with van der Waals surface area (Å²) >= 11 is 0. The molecular weight excluding hydrogens is 230 g/mol. The number of esters is 1.